The second kappa shape index (κ2) is 5.13. The highest BCUT2D eigenvalue weighted by molar-refractivity contribution is 5.05. The zero-order valence-corrected chi connectivity index (χ0v) is 10.7. The van der Waals surface area contributed by atoms with E-state index in [-0.39, 0.29) is 12.6 Å². The first-order chi connectivity index (χ1) is 8.90. The van der Waals surface area contributed by atoms with Crippen LogP contribution in [0.4, 0.5) is 13.2 Å². The highest BCUT2D eigenvalue weighted by Crippen LogP contribution is 2.36. The summed E-state index contributed by atoms with van der Waals surface area (Å²) in [4.78, 5) is 0. The molecule has 2 unspecified atom stereocenters. The Balaban J connectivity index is 2.16. The van der Waals surface area contributed by atoms with Gasteiger partial charge in [-0.15, -0.1) is 0 Å². The molecule has 1 aliphatic carbocycles. The molecule has 1 aromatic rings. The van der Waals surface area contributed by atoms with Crippen molar-refractivity contribution in [3.8, 4) is 0 Å². The highest BCUT2D eigenvalue weighted by atomic mass is 19.4. The van der Waals surface area contributed by atoms with Crippen molar-refractivity contribution >= 4 is 0 Å². The van der Waals surface area contributed by atoms with Crippen LogP contribution in [-0.2, 0) is 6.18 Å². The second-order valence-electron chi connectivity index (χ2n) is 5.12. The molecule has 0 bridgehead atoms. The first-order valence-electron chi connectivity index (χ1n) is 6.32. The van der Waals surface area contributed by atoms with Crippen molar-refractivity contribution in [2.75, 3.05) is 13.7 Å². The number of rotatable bonds is 3. The summed E-state index contributed by atoms with van der Waals surface area (Å²) in [6.45, 7) is -0.0204. The smallest absolute Gasteiger partial charge is 0.394 e. The predicted molar refractivity (Wildman–Crippen MR) is 63.6 cm³/mol. The summed E-state index contributed by atoms with van der Waals surface area (Å²) in [6.07, 6.45) is 0.00610. The fourth-order valence-electron chi connectivity index (χ4n) is 2.70. The molecule has 0 aliphatic heterocycles. The third-order valence-corrected chi connectivity index (χ3v) is 3.92. The van der Waals surface area contributed by atoms with Gasteiger partial charge < -0.3 is 10.4 Å². The topological polar surface area (TPSA) is 50.1 Å². The molecular formula is C12H18F3N3O. The molecule has 0 radical (unpaired) electrons. The van der Waals surface area contributed by atoms with E-state index in [9.17, 15) is 18.3 Å². The molecule has 1 saturated carbocycles. The SMILES string of the molecule is CNC1(CO)CCCC(n2ccc(C(F)(F)F)n2)C1. The van der Waals surface area contributed by atoms with Crippen molar-refractivity contribution < 1.29 is 18.3 Å². The average Bonchev–Trinajstić information content (AvgIpc) is 2.88. The maximum Gasteiger partial charge on any atom is 0.435 e. The summed E-state index contributed by atoms with van der Waals surface area (Å²) in [5, 5.41) is 16.2. The van der Waals surface area contributed by atoms with E-state index in [1.165, 1.54) is 10.9 Å². The van der Waals surface area contributed by atoms with Crippen LogP contribution in [-0.4, -0.2) is 34.1 Å². The van der Waals surface area contributed by atoms with Gasteiger partial charge in [0.2, 0.25) is 0 Å². The van der Waals surface area contributed by atoms with Crippen molar-refractivity contribution in [1.82, 2.24) is 15.1 Å². The van der Waals surface area contributed by atoms with Gasteiger partial charge in [-0.3, -0.25) is 4.68 Å². The Labute approximate surface area is 109 Å². The molecule has 2 N–H and O–H groups in total. The summed E-state index contributed by atoms with van der Waals surface area (Å²) in [7, 11) is 1.77. The lowest BCUT2D eigenvalue weighted by molar-refractivity contribution is -0.141. The monoisotopic (exact) mass is 277 g/mol. The molecule has 0 amide bonds. The van der Waals surface area contributed by atoms with E-state index >= 15 is 0 Å². The molecule has 1 fully saturated rings. The quantitative estimate of drug-likeness (QED) is 0.888. The van der Waals surface area contributed by atoms with Gasteiger partial charge in [-0.05, 0) is 38.8 Å². The summed E-state index contributed by atoms with van der Waals surface area (Å²) >= 11 is 0. The Hall–Kier alpha value is -1.08. The van der Waals surface area contributed by atoms with Crippen LogP contribution in [0.25, 0.3) is 0 Å². The number of aromatic nitrogens is 2. The molecule has 1 aliphatic rings. The first-order valence-corrected chi connectivity index (χ1v) is 6.32. The zero-order chi connectivity index (χ0) is 14.1. The van der Waals surface area contributed by atoms with E-state index < -0.39 is 17.4 Å². The van der Waals surface area contributed by atoms with E-state index in [1.54, 1.807) is 7.05 Å². The lowest BCUT2D eigenvalue weighted by atomic mass is 9.79. The van der Waals surface area contributed by atoms with Gasteiger partial charge in [0.15, 0.2) is 5.69 Å². The summed E-state index contributed by atoms with van der Waals surface area (Å²) in [6, 6.07) is 0.888. The van der Waals surface area contributed by atoms with Gasteiger partial charge in [0.1, 0.15) is 0 Å². The molecule has 0 spiro atoms. The highest BCUT2D eigenvalue weighted by Gasteiger charge is 2.37. The molecule has 0 saturated heterocycles. The van der Waals surface area contributed by atoms with Gasteiger partial charge >= 0.3 is 6.18 Å². The van der Waals surface area contributed by atoms with E-state index in [0.717, 1.165) is 25.3 Å². The molecule has 108 valence electrons. The van der Waals surface area contributed by atoms with Crippen molar-refractivity contribution in [3.63, 3.8) is 0 Å². The second-order valence-corrected chi connectivity index (χ2v) is 5.12. The number of hydrogen-bond acceptors (Lipinski definition) is 3. The molecular weight excluding hydrogens is 259 g/mol. The molecule has 1 heterocycles. The molecule has 19 heavy (non-hydrogen) atoms. The number of halogens is 3. The van der Waals surface area contributed by atoms with Crippen molar-refractivity contribution in [3.05, 3.63) is 18.0 Å². The summed E-state index contributed by atoms with van der Waals surface area (Å²) < 4.78 is 39.0. The minimum atomic E-state index is -4.41. The number of nitrogens with zero attached hydrogens (tertiary/aromatic N) is 2. The van der Waals surface area contributed by atoms with E-state index in [0.29, 0.717) is 6.42 Å². The molecule has 7 heteroatoms. The van der Waals surface area contributed by atoms with E-state index in [4.69, 9.17) is 0 Å². The fourth-order valence-corrected chi connectivity index (χ4v) is 2.70. The number of aliphatic hydroxyl groups excluding tert-OH is 1. The predicted octanol–water partition coefficient (Wildman–Crippen LogP) is 1.97. The zero-order valence-electron chi connectivity index (χ0n) is 10.7. The first kappa shape index (κ1) is 14.3. The lowest BCUT2D eigenvalue weighted by Gasteiger charge is -2.39. The Morgan fingerprint density at radius 3 is 2.84 bits per heavy atom. The van der Waals surface area contributed by atoms with Crippen molar-refractivity contribution in [1.29, 1.82) is 0 Å². The van der Waals surface area contributed by atoms with Crippen LogP contribution in [0, 0.1) is 0 Å². The Morgan fingerprint density at radius 1 is 1.58 bits per heavy atom. The molecule has 0 aromatic carbocycles. The minimum Gasteiger partial charge on any atom is -0.394 e. The Morgan fingerprint density at radius 2 is 2.32 bits per heavy atom. The third-order valence-electron chi connectivity index (χ3n) is 3.92. The molecule has 2 rings (SSSR count). The maximum atomic E-state index is 12.5. The average molecular weight is 277 g/mol. The van der Waals surface area contributed by atoms with Gasteiger partial charge in [-0.1, -0.05) is 0 Å². The fraction of sp³-hybridized carbons (Fsp3) is 0.750. The summed E-state index contributed by atoms with van der Waals surface area (Å²) in [5.74, 6) is 0. The van der Waals surface area contributed by atoms with Crippen LogP contribution in [0.15, 0.2) is 12.3 Å². The lowest BCUT2D eigenvalue weighted by Crippen LogP contribution is -2.50. The van der Waals surface area contributed by atoms with Crippen molar-refractivity contribution in [2.24, 2.45) is 0 Å². The van der Waals surface area contributed by atoms with Crippen LogP contribution in [0.2, 0.25) is 0 Å². The number of hydrogen-bond donors (Lipinski definition) is 2. The largest absolute Gasteiger partial charge is 0.435 e. The molecule has 2 atom stereocenters. The van der Waals surface area contributed by atoms with Gasteiger partial charge in [-0.25, -0.2) is 0 Å². The maximum absolute atomic E-state index is 12.5. The van der Waals surface area contributed by atoms with Gasteiger partial charge in [0.25, 0.3) is 0 Å². The van der Waals surface area contributed by atoms with Crippen LogP contribution in [0.5, 0.6) is 0 Å². The minimum absolute atomic E-state index is 0.0204. The number of nitrogens with one attached hydrogen (secondary N) is 1. The Kier molecular flexibility index (Phi) is 3.87. The van der Waals surface area contributed by atoms with Gasteiger partial charge in [0.05, 0.1) is 12.6 Å². The van der Waals surface area contributed by atoms with Gasteiger partial charge in [-0.2, -0.15) is 18.3 Å². The van der Waals surface area contributed by atoms with Gasteiger partial charge in [0, 0.05) is 11.7 Å². The molecule has 4 nitrogen and oxygen atoms in total. The summed E-state index contributed by atoms with van der Waals surface area (Å²) in [5.41, 5.74) is -1.27. The molecule has 1 aromatic heterocycles. The van der Waals surface area contributed by atoms with Crippen LogP contribution in [0.1, 0.15) is 37.4 Å². The normalized spacial score (nSPS) is 28.6. The third kappa shape index (κ3) is 2.92. The van der Waals surface area contributed by atoms with Crippen LogP contribution < -0.4 is 5.32 Å². The van der Waals surface area contributed by atoms with Crippen LogP contribution >= 0.6 is 0 Å². The van der Waals surface area contributed by atoms with E-state index in [2.05, 4.69) is 10.4 Å². The van der Waals surface area contributed by atoms with Crippen molar-refractivity contribution in [2.45, 2.75) is 43.4 Å². The number of aliphatic hydroxyl groups is 1. The number of alkyl halides is 3. The standard InChI is InChI=1S/C12H18F3N3O/c1-16-11(8-19)5-2-3-9(7-11)18-6-4-10(17-18)12(13,14)15/h4,6,9,16,19H,2-3,5,7-8H2,1H3. The van der Waals surface area contributed by atoms with Crippen LogP contribution in [0.3, 0.4) is 0 Å². The Bertz CT molecular complexity index is 426. The van der Waals surface area contributed by atoms with E-state index in [1.807, 2.05) is 0 Å². The number of likely N-dealkylation sites (N-methyl/N-ethyl adjacent to an activating group) is 1.